The number of carboxylic acid groups (broad SMARTS) is 1. The number of rotatable bonds is 5. The summed E-state index contributed by atoms with van der Waals surface area (Å²) in [7, 11) is 3.58. The standard InChI is InChI=1S/C24H26N8O4/c1-12-20(31(4)29-27-12)15-9-17-18(25-10-15)22-23(19(24(33)34)28-30(22)3)32(17)21(14-5-7-35-8-6-14)16-11-36-13(2)26-16/h9-11,14,21H,5-8H2,1-4H3,(H,33,34). The summed E-state index contributed by atoms with van der Waals surface area (Å²) in [5.74, 6) is -0.402. The van der Waals surface area contributed by atoms with Crippen LogP contribution in [0.1, 0.15) is 46.7 Å². The van der Waals surface area contributed by atoms with Crippen molar-refractivity contribution in [3.63, 3.8) is 0 Å². The van der Waals surface area contributed by atoms with E-state index in [4.69, 9.17) is 19.1 Å². The van der Waals surface area contributed by atoms with Gasteiger partial charge in [-0.3, -0.25) is 9.67 Å². The Morgan fingerprint density at radius 2 is 1.94 bits per heavy atom. The molecule has 5 aromatic heterocycles. The first-order valence-electron chi connectivity index (χ1n) is 11.8. The molecule has 0 saturated carbocycles. The van der Waals surface area contributed by atoms with Crippen molar-refractivity contribution in [1.29, 1.82) is 0 Å². The van der Waals surface area contributed by atoms with Crippen molar-refractivity contribution in [2.24, 2.45) is 20.0 Å². The Hall–Kier alpha value is -4.06. The van der Waals surface area contributed by atoms with E-state index in [9.17, 15) is 9.90 Å². The van der Waals surface area contributed by atoms with E-state index in [-0.39, 0.29) is 17.7 Å². The van der Waals surface area contributed by atoms with Gasteiger partial charge in [0.1, 0.15) is 28.5 Å². The largest absolute Gasteiger partial charge is 0.476 e. The molecule has 186 valence electrons. The summed E-state index contributed by atoms with van der Waals surface area (Å²) in [4.78, 5) is 21.9. The molecule has 12 heteroatoms. The topological polar surface area (TPSA) is 139 Å². The average molecular weight is 491 g/mol. The van der Waals surface area contributed by atoms with Gasteiger partial charge in [0.25, 0.3) is 0 Å². The maximum Gasteiger partial charge on any atom is 0.358 e. The Morgan fingerprint density at radius 3 is 2.58 bits per heavy atom. The van der Waals surface area contributed by atoms with Crippen molar-refractivity contribution in [3.8, 4) is 11.3 Å². The van der Waals surface area contributed by atoms with Crippen LogP contribution >= 0.6 is 0 Å². The van der Waals surface area contributed by atoms with Crippen molar-refractivity contribution in [3.05, 3.63) is 41.5 Å². The summed E-state index contributed by atoms with van der Waals surface area (Å²) in [5, 5.41) is 22.8. The van der Waals surface area contributed by atoms with Gasteiger partial charge in [-0.2, -0.15) is 5.10 Å². The number of hydrogen-bond donors (Lipinski definition) is 1. The molecule has 0 bridgehead atoms. The van der Waals surface area contributed by atoms with Crippen LogP contribution in [-0.4, -0.2) is 63.6 Å². The molecule has 0 spiro atoms. The molecule has 0 amide bonds. The van der Waals surface area contributed by atoms with E-state index in [0.717, 1.165) is 41.0 Å². The molecule has 1 unspecified atom stereocenters. The van der Waals surface area contributed by atoms with Gasteiger partial charge < -0.3 is 18.8 Å². The van der Waals surface area contributed by atoms with E-state index in [0.29, 0.717) is 35.7 Å². The van der Waals surface area contributed by atoms with Crippen LogP contribution in [0.4, 0.5) is 0 Å². The number of pyridine rings is 1. The second kappa shape index (κ2) is 8.26. The highest BCUT2D eigenvalue weighted by Crippen LogP contribution is 2.41. The number of hydrogen-bond acceptors (Lipinski definition) is 8. The van der Waals surface area contributed by atoms with Gasteiger partial charge in [-0.1, -0.05) is 5.21 Å². The third-order valence-electron chi connectivity index (χ3n) is 7.02. The maximum atomic E-state index is 12.4. The third kappa shape index (κ3) is 3.32. The average Bonchev–Trinajstić information content (AvgIpc) is 3.60. The SMILES string of the molecule is Cc1nc(C(C2CCOCC2)n2c3cc(-c4c(C)nnn4C)cnc3c3c2c(C(=O)O)nn3C)co1. The molecule has 1 aliphatic heterocycles. The second-order valence-corrected chi connectivity index (χ2v) is 9.27. The highest BCUT2D eigenvalue weighted by Gasteiger charge is 2.35. The van der Waals surface area contributed by atoms with E-state index in [1.807, 2.05) is 24.6 Å². The number of ether oxygens (including phenoxy) is 1. The number of aryl methyl sites for hydroxylation is 4. The maximum absolute atomic E-state index is 12.4. The van der Waals surface area contributed by atoms with Crippen molar-refractivity contribution in [2.45, 2.75) is 32.7 Å². The monoisotopic (exact) mass is 490 g/mol. The van der Waals surface area contributed by atoms with E-state index in [1.54, 1.807) is 35.8 Å². The van der Waals surface area contributed by atoms with Crippen LogP contribution < -0.4 is 0 Å². The minimum absolute atomic E-state index is 0.0253. The van der Waals surface area contributed by atoms with Crippen LogP contribution in [0.2, 0.25) is 0 Å². The molecular formula is C24H26N8O4. The summed E-state index contributed by atoms with van der Waals surface area (Å²) in [6, 6.07) is 1.73. The molecule has 12 nitrogen and oxygen atoms in total. The zero-order chi connectivity index (χ0) is 25.1. The predicted molar refractivity (Wildman–Crippen MR) is 129 cm³/mol. The lowest BCUT2D eigenvalue weighted by atomic mass is 9.89. The van der Waals surface area contributed by atoms with Crippen LogP contribution in [0.5, 0.6) is 0 Å². The van der Waals surface area contributed by atoms with Gasteiger partial charge in [0.05, 0.1) is 22.9 Å². The molecule has 1 aliphatic rings. The van der Waals surface area contributed by atoms with Crippen molar-refractivity contribution >= 4 is 28.0 Å². The van der Waals surface area contributed by atoms with E-state index >= 15 is 0 Å². The molecule has 5 aromatic rings. The van der Waals surface area contributed by atoms with E-state index in [1.165, 1.54) is 0 Å². The van der Waals surface area contributed by atoms with Gasteiger partial charge in [-0.05, 0) is 31.7 Å². The Balaban J connectivity index is 1.72. The molecule has 1 N–H and O–H groups in total. The van der Waals surface area contributed by atoms with Crippen LogP contribution in [0.15, 0.2) is 22.9 Å². The van der Waals surface area contributed by atoms with Crippen LogP contribution in [0.25, 0.3) is 33.3 Å². The molecule has 0 aromatic carbocycles. The first-order valence-corrected chi connectivity index (χ1v) is 11.8. The summed E-state index contributed by atoms with van der Waals surface area (Å²) < 4.78 is 16.6. The molecule has 1 saturated heterocycles. The number of oxazole rings is 1. The van der Waals surface area contributed by atoms with Gasteiger partial charge in [-0.25, -0.2) is 14.5 Å². The lowest BCUT2D eigenvalue weighted by molar-refractivity contribution is 0.0546. The van der Waals surface area contributed by atoms with Crippen LogP contribution in [-0.2, 0) is 18.8 Å². The first kappa shape index (κ1) is 22.4. The van der Waals surface area contributed by atoms with Crippen LogP contribution in [0.3, 0.4) is 0 Å². The van der Waals surface area contributed by atoms with Gasteiger partial charge in [0.15, 0.2) is 11.6 Å². The Morgan fingerprint density at radius 1 is 1.17 bits per heavy atom. The van der Waals surface area contributed by atoms with E-state index in [2.05, 4.69) is 15.4 Å². The van der Waals surface area contributed by atoms with Crippen LogP contribution in [0, 0.1) is 19.8 Å². The molecule has 0 aliphatic carbocycles. The summed E-state index contributed by atoms with van der Waals surface area (Å²) in [6.45, 7) is 4.96. The fourth-order valence-electron chi connectivity index (χ4n) is 5.50. The quantitative estimate of drug-likeness (QED) is 0.394. The summed E-state index contributed by atoms with van der Waals surface area (Å²) in [5.41, 5.74) is 5.80. The highest BCUT2D eigenvalue weighted by atomic mass is 16.5. The first-order chi connectivity index (χ1) is 17.3. The lowest BCUT2D eigenvalue weighted by Gasteiger charge is -2.31. The zero-order valence-electron chi connectivity index (χ0n) is 20.5. The number of fused-ring (bicyclic) bond motifs is 3. The number of nitrogens with zero attached hydrogens (tertiary/aromatic N) is 8. The van der Waals surface area contributed by atoms with Gasteiger partial charge >= 0.3 is 5.97 Å². The lowest BCUT2D eigenvalue weighted by Crippen LogP contribution is -2.27. The van der Waals surface area contributed by atoms with E-state index < -0.39 is 5.97 Å². The Bertz CT molecular complexity index is 1600. The molecule has 1 atom stereocenters. The highest BCUT2D eigenvalue weighted by molar-refractivity contribution is 6.11. The molecule has 6 heterocycles. The third-order valence-corrected chi connectivity index (χ3v) is 7.02. The van der Waals surface area contributed by atoms with Crippen molar-refractivity contribution in [2.75, 3.05) is 13.2 Å². The smallest absolute Gasteiger partial charge is 0.358 e. The summed E-state index contributed by atoms with van der Waals surface area (Å²) in [6.07, 6.45) is 5.04. The summed E-state index contributed by atoms with van der Waals surface area (Å²) >= 11 is 0. The molecule has 36 heavy (non-hydrogen) atoms. The molecule has 1 fully saturated rings. The number of aromatic nitrogens is 8. The molecular weight excluding hydrogens is 464 g/mol. The number of carboxylic acids is 1. The Kier molecular flexibility index (Phi) is 5.14. The minimum atomic E-state index is -1.10. The fraction of sp³-hybridized carbons (Fsp3) is 0.417. The molecule has 6 rings (SSSR count). The van der Waals surface area contributed by atoms with Crippen molar-refractivity contribution < 1.29 is 19.1 Å². The number of aromatic carboxylic acids is 1. The second-order valence-electron chi connectivity index (χ2n) is 9.27. The van der Waals surface area contributed by atoms with Crippen molar-refractivity contribution in [1.82, 2.24) is 39.3 Å². The predicted octanol–water partition coefficient (Wildman–Crippen LogP) is 3.04. The van der Waals surface area contributed by atoms with Gasteiger partial charge in [-0.15, -0.1) is 5.10 Å². The van der Waals surface area contributed by atoms with Gasteiger partial charge in [0, 0.05) is 46.0 Å². The fourth-order valence-corrected chi connectivity index (χ4v) is 5.50. The molecule has 0 radical (unpaired) electrons. The number of carbonyl (C=O) groups is 1. The normalized spacial score (nSPS) is 15.8. The van der Waals surface area contributed by atoms with Gasteiger partial charge in [0.2, 0.25) is 0 Å². The Labute approximate surface area is 205 Å². The zero-order valence-corrected chi connectivity index (χ0v) is 20.5. The minimum Gasteiger partial charge on any atom is -0.476 e.